The largest absolute Gasteiger partial charge is 0.488 e. The van der Waals surface area contributed by atoms with Crippen LogP contribution in [0, 0.1) is 6.92 Å². The number of carbonyl (C=O) groups is 2. The van der Waals surface area contributed by atoms with E-state index in [0.29, 0.717) is 45.6 Å². The van der Waals surface area contributed by atoms with Crippen molar-refractivity contribution in [1.82, 2.24) is 5.16 Å². The maximum atomic E-state index is 12.7. The number of nitrogens with one attached hydrogen (secondary N) is 1. The molecular formula is C28H23ClN2O6. The summed E-state index contributed by atoms with van der Waals surface area (Å²) in [5, 5.41) is 16.3. The Hall–Kier alpha value is -4.30. The van der Waals surface area contributed by atoms with Gasteiger partial charge in [-0.15, -0.1) is 0 Å². The van der Waals surface area contributed by atoms with Crippen LogP contribution in [-0.4, -0.2) is 22.3 Å². The number of rotatable bonds is 6. The van der Waals surface area contributed by atoms with Crippen LogP contribution < -0.4 is 10.1 Å². The molecule has 0 saturated carbocycles. The molecule has 188 valence electrons. The van der Waals surface area contributed by atoms with Crippen molar-refractivity contribution in [3.05, 3.63) is 88.1 Å². The molecule has 37 heavy (non-hydrogen) atoms. The number of aliphatic carboxylic acids is 1. The van der Waals surface area contributed by atoms with Crippen molar-refractivity contribution < 1.29 is 28.7 Å². The number of halogens is 1. The summed E-state index contributed by atoms with van der Waals surface area (Å²) in [6.45, 7) is 3.78. The van der Waals surface area contributed by atoms with Gasteiger partial charge < -0.3 is 19.1 Å². The molecule has 0 saturated heterocycles. The van der Waals surface area contributed by atoms with E-state index in [1.54, 1.807) is 26.0 Å². The standard InChI is InChI=1S/C28H23ClN2O6/c1-15-26(30-28(34)36-16(2)20-5-3-4-6-23(20)29)27(37-31-15)18-8-10-22-21-9-7-17(12-25(32)33)11-19(21)14-35-24(22)13-18/h3-11,13,16H,12,14H2,1-2H3,(H,30,34)(H,32,33). The number of hydrogen-bond acceptors (Lipinski definition) is 6. The summed E-state index contributed by atoms with van der Waals surface area (Å²) >= 11 is 6.22. The fourth-order valence-corrected chi connectivity index (χ4v) is 4.64. The second-order valence-corrected chi connectivity index (χ2v) is 9.13. The van der Waals surface area contributed by atoms with Crippen molar-refractivity contribution in [2.45, 2.75) is 33.0 Å². The first-order chi connectivity index (χ1) is 17.8. The van der Waals surface area contributed by atoms with E-state index < -0.39 is 18.2 Å². The third-order valence-corrected chi connectivity index (χ3v) is 6.50. The molecule has 4 aromatic rings. The van der Waals surface area contributed by atoms with Gasteiger partial charge in [0.15, 0.2) is 5.76 Å². The Labute approximate surface area is 217 Å². The summed E-state index contributed by atoms with van der Waals surface area (Å²) in [4.78, 5) is 23.7. The summed E-state index contributed by atoms with van der Waals surface area (Å²) in [6.07, 6.45) is -1.27. The van der Waals surface area contributed by atoms with Crippen molar-refractivity contribution in [2.75, 3.05) is 5.32 Å². The molecule has 0 radical (unpaired) electrons. The zero-order valence-corrected chi connectivity index (χ0v) is 20.8. The first-order valence-corrected chi connectivity index (χ1v) is 12.0. The Morgan fingerprint density at radius 1 is 1.14 bits per heavy atom. The summed E-state index contributed by atoms with van der Waals surface area (Å²) in [7, 11) is 0. The maximum Gasteiger partial charge on any atom is 0.412 e. The highest BCUT2D eigenvalue weighted by atomic mass is 35.5. The lowest BCUT2D eigenvalue weighted by Gasteiger charge is -2.22. The summed E-state index contributed by atoms with van der Waals surface area (Å²) in [6, 6.07) is 18.3. The van der Waals surface area contributed by atoms with Gasteiger partial charge in [0.1, 0.15) is 29.8 Å². The molecule has 5 rings (SSSR count). The summed E-state index contributed by atoms with van der Waals surface area (Å²) < 4.78 is 17.1. The average Bonchev–Trinajstić information content (AvgIpc) is 3.22. The van der Waals surface area contributed by atoms with E-state index in [4.69, 9.17) is 30.7 Å². The van der Waals surface area contributed by atoms with E-state index in [1.165, 1.54) is 0 Å². The van der Waals surface area contributed by atoms with Gasteiger partial charge >= 0.3 is 12.1 Å². The number of anilines is 1. The average molecular weight is 519 g/mol. The lowest BCUT2D eigenvalue weighted by molar-refractivity contribution is -0.136. The zero-order chi connectivity index (χ0) is 26.1. The van der Waals surface area contributed by atoms with Crippen LogP contribution in [0.5, 0.6) is 5.75 Å². The van der Waals surface area contributed by atoms with Gasteiger partial charge in [0.2, 0.25) is 0 Å². The molecule has 9 heteroatoms. The number of fused-ring (bicyclic) bond motifs is 3. The molecule has 1 aromatic heterocycles. The quantitative estimate of drug-likeness (QED) is 0.288. The van der Waals surface area contributed by atoms with Gasteiger partial charge in [-0.2, -0.15) is 0 Å². The number of carboxylic acid groups (broad SMARTS) is 1. The van der Waals surface area contributed by atoms with E-state index in [1.807, 2.05) is 48.5 Å². The van der Waals surface area contributed by atoms with Crippen molar-refractivity contribution in [2.24, 2.45) is 0 Å². The molecule has 0 fully saturated rings. The molecule has 1 unspecified atom stereocenters. The smallest absolute Gasteiger partial charge is 0.412 e. The predicted molar refractivity (Wildman–Crippen MR) is 138 cm³/mol. The second-order valence-electron chi connectivity index (χ2n) is 8.73. The molecule has 1 aliphatic rings. The Bertz CT molecular complexity index is 1510. The minimum Gasteiger partial charge on any atom is -0.488 e. The van der Waals surface area contributed by atoms with E-state index in [-0.39, 0.29) is 6.42 Å². The number of benzene rings is 3. The van der Waals surface area contributed by atoms with Gasteiger partial charge in [-0.3, -0.25) is 10.1 Å². The van der Waals surface area contributed by atoms with Crippen LogP contribution >= 0.6 is 11.6 Å². The third kappa shape index (κ3) is 5.01. The molecular weight excluding hydrogens is 496 g/mol. The van der Waals surface area contributed by atoms with Crippen molar-refractivity contribution in [3.63, 3.8) is 0 Å². The van der Waals surface area contributed by atoms with Crippen LogP contribution in [0.2, 0.25) is 5.02 Å². The third-order valence-electron chi connectivity index (χ3n) is 6.16. The van der Waals surface area contributed by atoms with E-state index in [2.05, 4.69) is 10.5 Å². The molecule has 1 amide bonds. The van der Waals surface area contributed by atoms with E-state index >= 15 is 0 Å². The Morgan fingerprint density at radius 2 is 1.92 bits per heavy atom. The predicted octanol–water partition coefficient (Wildman–Crippen LogP) is 6.80. The van der Waals surface area contributed by atoms with Gasteiger partial charge in [0.25, 0.3) is 0 Å². The number of carboxylic acids is 1. The van der Waals surface area contributed by atoms with Crippen molar-refractivity contribution in [3.8, 4) is 28.2 Å². The Morgan fingerprint density at radius 3 is 2.70 bits per heavy atom. The van der Waals surface area contributed by atoms with Crippen LogP contribution in [0.1, 0.15) is 35.4 Å². The van der Waals surface area contributed by atoms with E-state index in [0.717, 1.165) is 22.3 Å². The van der Waals surface area contributed by atoms with Gasteiger partial charge in [-0.1, -0.05) is 59.2 Å². The minimum atomic E-state index is -0.879. The molecule has 0 aliphatic carbocycles. The number of aryl methyl sites for hydroxylation is 1. The second kappa shape index (κ2) is 9.99. The zero-order valence-electron chi connectivity index (χ0n) is 20.1. The first-order valence-electron chi connectivity index (χ1n) is 11.6. The SMILES string of the molecule is Cc1noc(-c2ccc3c(c2)OCc2cc(CC(=O)O)ccc2-3)c1NC(=O)OC(C)c1ccccc1Cl. The Balaban J connectivity index is 1.37. The molecule has 2 N–H and O–H groups in total. The topological polar surface area (TPSA) is 111 Å². The normalized spacial score (nSPS) is 12.6. The van der Waals surface area contributed by atoms with Crippen LogP contribution in [0.4, 0.5) is 10.5 Å². The minimum absolute atomic E-state index is 0.0424. The molecule has 0 bridgehead atoms. The number of ether oxygens (including phenoxy) is 2. The van der Waals surface area contributed by atoms with Gasteiger partial charge in [0.05, 0.1) is 6.42 Å². The highest BCUT2D eigenvalue weighted by Crippen LogP contribution is 2.42. The summed E-state index contributed by atoms with van der Waals surface area (Å²) in [5.41, 5.74) is 5.75. The van der Waals surface area contributed by atoms with Crippen LogP contribution in [0.25, 0.3) is 22.5 Å². The molecule has 8 nitrogen and oxygen atoms in total. The molecule has 1 atom stereocenters. The number of amides is 1. The fourth-order valence-electron chi connectivity index (χ4n) is 4.35. The fraction of sp³-hybridized carbons (Fsp3) is 0.179. The summed E-state index contributed by atoms with van der Waals surface area (Å²) in [5.74, 6) is 0.135. The van der Waals surface area contributed by atoms with Gasteiger partial charge in [0, 0.05) is 21.7 Å². The maximum absolute atomic E-state index is 12.7. The number of hydrogen-bond donors (Lipinski definition) is 2. The molecule has 2 heterocycles. The number of carbonyl (C=O) groups excluding carboxylic acids is 1. The molecule has 1 aliphatic heterocycles. The van der Waals surface area contributed by atoms with Crippen LogP contribution in [0.3, 0.4) is 0 Å². The van der Waals surface area contributed by atoms with Gasteiger partial charge in [-0.05, 0) is 48.7 Å². The lowest BCUT2D eigenvalue weighted by atomic mass is 9.93. The van der Waals surface area contributed by atoms with E-state index in [9.17, 15) is 9.59 Å². The molecule has 3 aromatic carbocycles. The highest BCUT2D eigenvalue weighted by Gasteiger charge is 2.24. The number of nitrogens with zero attached hydrogens (tertiary/aromatic N) is 1. The van der Waals surface area contributed by atoms with Crippen LogP contribution in [-0.2, 0) is 22.6 Å². The Kier molecular flexibility index (Phi) is 6.58. The lowest BCUT2D eigenvalue weighted by Crippen LogP contribution is -2.17. The molecule has 0 spiro atoms. The number of aromatic nitrogens is 1. The van der Waals surface area contributed by atoms with Crippen molar-refractivity contribution >= 4 is 29.4 Å². The highest BCUT2D eigenvalue weighted by molar-refractivity contribution is 6.31. The van der Waals surface area contributed by atoms with Crippen molar-refractivity contribution in [1.29, 1.82) is 0 Å². The van der Waals surface area contributed by atoms with Gasteiger partial charge in [-0.25, -0.2) is 4.79 Å². The monoisotopic (exact) mass is 518 g/mol. The first kappa shape index (κ1) is 24.4. The van der Waals surface area contributed by atoms with Crippen LogP contribution in [0.15, 0.2) is 65.2 Å².